The zero-order valence-electron chi connectivity index (χ0n) is 10.0. The molecule has 1 aliphatic rings. The summed E-state index contributed by atoms with van der Waals surface area (Å²) in [5.74, 6) is 0. The first-order chi connectivity index (χ1) is 8.24. The number of thiocarbonyl (C=S) groups is 1. The standard InChI is InChI=1S/C13H18N2OS/c1-10-4-6-11(7-5-10)15-13(17)14-9-12-3-2-8-16-12/h4-7,12H,2-3,8-9H2,1H3,(H2,14,15,17)/t12-/m1/s1. The summed E-state index contributed by atoms with van der Waals surface area (Å²) in [6.45, 7) is 3.74. The van der Waals surface area contributed by atoms with Crippen molar-refractivity contribution in [1.82, 2.24) is 5.32 Å². The Bertz CT molecular complexity index is 372. The van der Waals surface area contributed by atoms with Gasteiger partial charge in [0, 0.05) is 18.8 Å². The van der Waals surface area contributed by atoms with E-state index < -0.39 is 0 Å². The molecule has 1 fully saturated rings. The van der Waals surface area contributed by atoms with Gasteiger partial charge in [-0.2, -0.15) is 0 Å². The van der Waals surface area contributed by atoms with Crippen LogP contribution in [0.3, 0.4) is 0 Å². The summed E-state index contributed by atoms with van der Waals surface area (Å²) < 4.78 is 5.52. The number of anilines is 1. The van der Waals surface area contributed by atoms with Gasteiger partial charge in [0.2, 0.25) is 0 Å². The molecule has 1 heterocycles. The lowest BCUT2D eigenvalue weighted by molar-refractivity contribution is 0.114. The van der Waals surface area contributed by atoms with E-state index in [0.717, 1.165) is 31.7 Å². The van der Waals surface area contributed by atoms with Gasteiger partial charge < -0.3 is 15.4 Å². The van der Waals surface area contributed by atoms with E-state index in [1.807, 2.05) is 12.1 Å². The summed E-state index contributed by atoms with van der Waals surface area (Å²) in [4.78, 5) is 0. The maximum absolute atomic E-state index is 5.52. The Labute approximate surface area is 108 Å². The first kappa shape index (κ1) is 12.3. The number of nitrogens with one attached hydrogen (secondary N) is 2. The first-order valence-corrected chi connectivity index (χ1v) is 6.38. The molecule has 0 unspecified atom stereocenters. The van der Waals surface area contributed by atoms with Gasteiger partial charge in [-0.1, -0.05) is 17.7 Å². The van der Waals surface area contributed by atoms with Crippen LogP contribution in [0.15, 0.2) is 24.3 Å². The number of rotatable bonds is 3. The number of hydrogen-bond acceptors (Lipinski definition) is 2. The minimum absolute atomic E-state index is 0.313. The quantitative estimate of drug-likeness (QED) is 0.807. The zero-order chi connectivity index (χ0) is 12.1. The Balaban J connectivity index is 1.74. The molecule has 2 rings (SSSR count). The van der Waals surface area contributed by atoms with Crippen LogP contribution < -0.4 is 10.6 Å². The molecule has 1 aromatic rings. The van der Waals surface area contributed by atoms with Crippen LogP contribution in [0.5, 0.6) is 0 Å². The molecular formula is C13H18N2OS. The molecule has 0 amide bonds. The predicted molar refractivity (Wildman–Crippen MR) is 74.4 cm³/mol. The second-order valence-electron chi connectivity index (χ2n) is 4.34. The monoisotopic (exact) mass is 250 g/mol. The molecule has 0 bridgehead atoms. The van der Waals surface area contributed by atoms with Gasteiger partial charge >= 0.3 is 0 Å². The molecule has 4 heteroatoms. The maximum atomic E-state index is 5.52. The topological polar surface area (TPSA) is 33.3 Å². The Kier molecular flexibility index (Phi) is 4.34. The summed E-state index contributed by atoms with van der Waals surface area (Å²) in [5.41, 5.74) is 2.26. The van der Waals surface area contributed by atoms with Crippen molar-refractivity contribution in [2.45, 2.75) is 25.9 Å². The van der Waals surface area contributed by atoms with E-state index in [0.29, 0.717) is 11.2 Å². The highest BCUT2D eigenvalue weighted by Crippen LogP contribution is 2.11. The van der Waals surface area contributed by atoms with Crippen LogP contribution in [0.2, 0.25) is 0 Å². The second kappa shape index (κ2) is 5.98. The molecule has 0 aliphatic carbocycles. The highest BCUT2D eigenvalue weighted by molar-refractivity contribution is 7.80. The molecule has 0 aromatic heterocycles. The van der Waals surface area contributed by atoms with Crippen LogP contribution >= 0.6 is 12.2 Å². The fraction of sp³-hybridized carbons (Fsp3) is 0.462. The minimum Gasteiger partial charge on any atom is -0.376 e. The van der Waals surface area contributed by atoms with Gasteiger partial charge in [0.15, 0.2) is 5.11 Å². The van der Waals surface area contributed by atoms with Crippen LogP contribution in [0.25, 0.3) is 0 Å². The van der Waals surface area contributed by atoms with Gasteiger partial charge in [0.25, 0.3) is 0 Å². The van der Waals surface area contributed by atoms with Gasteiger partial charge in [-0.25, -0.2) is 0 Å². The third-order valence-corrected chi connectivity index (χ3v) is 3.07. The Morgan fingerprint density at radius 2 is 2.18 bits per heavy atom. The summed E-state index contributed by atoms with van der Waals surface area (Å²) in [7, 11) is 0. The van der Waals surface area contributed by atoms with Gasteiger partial charge in [-0.3, -0.25) is 0 Å². The van der Waals surface area contributed by atoms with Crippen LogP contribution in [-0.2, 0) is 4.74 Å². The third-order valence-electron chi connectivity index (χ3n) is 2.82. The summed E-state index contributed by atoms with van der Waals surface area (Å²) in [6, 6.07) is 8.17. The van der Waals surface area contributed by atoms with E-state index in [1.165, 1.54) is 5.56 Å². The van der Waals surface area contributed by atoms with Crippen molar-refractivity contribution >= 4 is 23.0 Å². The first-order valence-electron chi connectivity index (χ1n) is 5.97. The van der Waals surface area contributed by atoms with Gasteiger partial charge in [0.1, 0.15) is 0 Å². The van der Waals surface area contributed by atoms with E-state index in [4.69, 9.17) is 17.0 Å². The molecule has 0 spiro atoms. The molecule has 1 aliphatic heterocycles. The third kappa shape index (κ3) is 3.98. The molecule has 1 atom stereocenters. The highest BCUT2D eigenvalue weighted by Gasteiger charge is 2.15. The van der Waals surface area contributed by atoms with E-state index >= 15 is 0 Å². The van der Waals surface area contributed by atoms with E-state index in [2.05, 4.69) is 29.7 Å². The molecule has 0 radical (unpaired) electrons. The molecule has 17 heavy (non-hydrogen) atoms. The fourth-order valence-electron chi connectivity index (χ4n) is 1.82. The van der Waals surface area contributed by atoms with Crippen LogP contribution in [0.4, 0.5) is 5.69 Å². The van der Waals surface area contributed by atoms with E-state index in [-0.39, 0.29) is 0 Å². The fourth-order valence-corrected chi connectivity index (χ4v) is 2.03. The average molecular weight is 250 g/mol. The van der Waals surface area contributed by atoms with Crippen LogP contribution in [0, 0.1) is 6.92 Å². The Hall–Kier alpha value is -1.13. The van der Waals surface area contributed by atoms with Crippen molar-refractivity contribution in [3.05, 3.63) is 29.8 Å². The molecule has 92 valence electrons. The molecule has 2 N–H and O–H groups in total. The maximum Gasteiger partial charge on any atom is 0.170 e. The van der Waals surface area contributed by atoms with Crippen LogP contribution in [-0.4, -0.2) is 24.4 Å². The smallest absolute Gasteiger partial charge is 0.170 e. The number of hydrogen-bond donors (Lipinski definition) is 2. The van der Waals surface area contributed by atoms with Crippen molar-refractivity contribution in [2.75, 3.05) is 18.5 Å². The van der Waals surface area contributed by atoms with E-state index in [9.17, 15) is 0 Å². The SMILES string of the molecule is Cc1ccc(NC(=S)NC[C@H]2CCCO2)cc1. The molecule has 3 nitrogen and oxygen atoms in total. The lowest BCUT2D eigenvalue weighted by Crippen LogP contribution is -2.34. The van der Waals surface area contributed by atoms with Gasteiger partial charge in [-0.05, 0) is 44.1 Å². The van der Waals surface area contributed by atoms with E-state index in [1.54, 1.807) is 0 Å². The number of aryl methyl sites for hydroxylation is 1. The van der Waals surface area contributed by atoms with Gasteiger partial charge in [-0.15, -0.1) is 0 Å². The summed E-state index contributed by atoms with van der Waals surface area (Å²) >= 11 is 5.23. The Morgan fingerprint density at radius 3 is 2.82 bits per heavy atom. The minimum atomic E-state index is 0.313. The van der Waals surface area contributed by atoms with Crippen molar-refractivity contribution in [2.24, 2.45) is 0 Å². The molecule has 1 aromatic carbocycles. The average Bonchev–Trinajstić information content (AvgIpc) is 2.83. The predicted octanol–water partition coefficient (Wildman–Crippen LogP) is 2.46. The zero-order valence-corrected chi connectivity index (χ0v) is 10.8. The molecular weight excluding hydrogens is 232 g/mol. The lowest BCUT2D eigenvalue weighted by Gasteiger charge is -2.14. The Morgan fingerprint density at radius 1 is 1.41 bits per heavy atom. The lowest BCUT2D eigenvalue weighted by atomic mass is 10.2. The summed E-state index contributed by atoms with van der Waals surface area (Å²) in [5, 5.41) is 7.00. The van der Waals surface area contributed by atoms with Crippen molar-refractivity contribution in [1.29, 1.82) is 0 Å². The molecule has 0 saturated carbocycles. The molecule has 1 saturated heterocycles. The van der Waals surface area contributed by atoms with Crippen molar-refractivity contribution in [3.63, 3.8) is 0 Å². The summed E-state index contributed by atoms with van der Waals surface area (Å²) in [6.07, 6.45) is 2.60. The van der Waals surface area contributed by atoms with Crippen molar-refractivity contribution in [3.8, 4) is 0 Å². The number of ether oxygens (including phenoxy) is 1. The normalized spacial score (nSPS) is 19.0. The highest BCUT2D eigenvalue weighted by atomic mass is 32.1. The second-order valence-corrected chi connectivity index (χ2v) is 4.74. The number of benzene rings is 1. The van der Waals surface area contributed by atoms with Gasteiger partial charge in [0.05, 0.1) is 6.10 Å². The van der Waals surface area contributed by atoms with Crippen molar-refractivity contribution < 1.29 is 4.74 Å². The van der Waals surface area contributed by atoms with Crippen LogP contribution in [0.1, 0.15) is 18.4 Å². The largest absolute Gasteiger partial charge is 0.376 e.